The van der Waals surface area contributed by atoms with Gasteiger partial charge in [-0.25, -0.2) is 0 Å². The van der Waals surface area contributed by atoms with E-state index in [1.54, 1.807) is 0 Å². The number of hydrogen-bond donors (Lipinski definition) is 2. The Kier molecular flexibility index (Phi) is 4.37. The number of hydrogen-bond acceptors (Lipinski definition) is 6. The molecule has 2 N–H and O–H groups in total. The first-order chi connectivity index (χ1) is 13.1. The Morgan fingerprint density at radius 1 is 1.30 bits per heavy atom. The fraction of sp³-hybridized carbons (Fsp3) is 0.250. The van der Waals surface area contributed by atoms with Crippen LogP contribution in [-0.4, -0.2) is 41.2 Å². The van der Waals surface area contributed by atoms with Crippen molar-refractivity contribution < 1.29 is 14.6 Å². The standard InChI is InChI=1S/C20H19N3O4/c1-27-17(24)11-23-8-7-13-14(12-5-3-2-4-6-12)9-15-18(16(13)10-23)21-20(25)19(15)22-26/h2-6,9,21,25H,7-8,10-11H2,1H3. The van der Waals surface area contributed by atoms with Crippen molar-refractivity contribution in [1.82, 2.24) is 9.88 Å². The molecule has 27 heavy (non-hydrogen) atoms. The van der Waals surface area contributed by atoms with Gasteiger partial charge >= 0.3 is 5.97 Å². The van der Waals surface area contributed by atoms with Crippen molar-refractivity contribution in [3.05, 3.63) is 52.4 Å². The zero-order valence-corrected chi connectivity index (χ0v) is 14.9. The normalized spacial score (nSPS) is 14.1. The number of methoxy groups -OCH3 is 1. The Morgan fingerprint density at radius 3 is 2.78 bits per heavy atom. The minimum Gasteiger partial charge on any atom is -0.493 e. The van der Waals surface area contributed by atoms with Crippen molar-refractivity contribution in [3.8, 4) is 17.0 Å². The highest BCUT2D eigenvalue weighted by molar-refractivity contribution is 6.00. The lowest BCUT2D eigenvalue weighted by atomic mass is 9.88. The quantitative estimate of drug-likeness (QED) is 0.545. The molecular formula is C20H19N3O4. The van der Waals surface area contributed by atoms with Gasteiger partial charge in [0.25, 0.3) is 0 Å². The number of nitrogens with zero attached hydrogens (tertiary/aromatic N) is 2. The van der Waals surface area contributed by atoms with Gasteiger partial charge in [-0.15, -0.1) is 4.91 Å². The van der Waals surface area contributed by atoms with Crippen molar-refractivity contribution in [3.63, 3.8) is 0 Å². The highest BCUT2D eigenvalue weighted by atomic mass is 16.5. The van der Waals surface area contributed by atoms with Gasteiger partial charge in [0, 0.05) is 18.5 Å². The van der Waals surface area contributed by atoms with E-state index in [9.17, 15) is 14.8 Å². The third-order valence-electron chi connectivity index (χ3n) is 5.09. The van der Waals surface area contributed by atoms with Crippen molar-refractivity contribution in [2.75, 3.05) is 20.2 Å². The minimum atomic E-state index is -0.293. The molecule has 1 aromatic heterocycles. The molecule has 0 fully saturated rings. The lowest BCUT2D eigenvalue weighted by Gasteiger charge is -2.30. The van der Waals surface area contributed by atoms with Crippen LogP contribution in [-0.2, 0) is 22.5 Å². The molecule has 0 aliphatic carbocycles. The highest BCUT2D eigenvalue weighted by Crippen LogP contribution is 2.42. The highest BCUT2D eigenvalue weighted by Gasteiger charge is 2.26. The molecule has 4 rings (SSSR count). The van der Waals surface area contributed by atoms with Crippen LogP contribution in [0.5, 0.6) is 5.88 Å². The van der Waals surface area contributed by atoms with Crippen LogP contribution in [0.2, 0.25) is 0 Å². The predicted molar refractivity (Wildman–Crippen MR) is 102 cm³/mol. The van der Waals surface area contributed by atoms with E-state index in [1.165, 1.54) is 7.11 Å². The number of nitroso groups, excluding NO2 is 1. The van der Waals surface area contributed by atoms with Crippen molar-refractivity contribution in [1.29, 1.82) is 0 Å². The Balaban J connectivity index is 1.91. The molecule has 2 aromatic carbocycles. The predicted octanol–water partition coefficient (Wildman–Crippen LogP) is 3.47. The maximum atomic E-state index is 11.7. The number of benzene rings is 2. The summed E-state index contributed by atoms with van der Waals surface area (Å²) < 4.78 is 4.78. The third-order valence-corrected chi connectivity index (χ3v) is 5.09. The number of ether oxygens (including phenoxy) is 1. The molecule has 0 radical (unpaired) electrons. The van der Waals surface area contributed by atoms with Crippen molar-refractivity contribution in [2.45, 2.75) is 13.0 Å². The molecule has 0 spiro atoms. The van der Waals surface area contributed by atoms with Crippen LogP contribution in [0.15, 0.2) is 41.6 Å². The Bertz CT molecular complexity index is 1030. The number of aromatic hydroxyl groups is 1. The van der Waals surface area contributed by atoms with E-state index in [1.807, 2.05) is 41.3 Å². The monoisotopic (exact) mass is 365 g/mol. The number of fused-ring (bicyclic) bond motifs is 3. The Hall–Kier alpha value is -3.19. The molecule has 7 heteroatoms. The van der Waals surface area contributed by atoms with Gasteiger partial charge < -0.3 is 14.8 Å². The van der Waals surface area contributed by atoms with Crippen LogP contribution in [0.25, 0.3) is 22.0 Å². The van der Waals surface area contributed by atoms with Gasteiger partial charge in [0.1, 0.15) is 0 Å². The number of esters is 1. The van der Waals surface area contributed by atoms with Crippen molar-refractivity contribution >= 4 is 22.6 Å². The van der Waals surface area contributed by atoms with Crippen molar-refractivity contribution in [2.24, 2.45) is 5.18 Å². The van der Waals surface area contributed by atoms with Crippen LogP contribution in [0.1, 0.15) is 11.1 Å². The second kappa shape index (κ2) is 6.85. The van der Waals surface area contributed by atoms with Crippen LogP contribution < -0.4 is 0 Å². The summed E-state index contributed by atoms with van der Waals surface area (Å²) in [5.74, 6) is -0.531. The number of aromatic amines is 1. The molecule has 0 saturated carbocycles. The molecule has 0 atom stereocenters. The first-order valence-corrected chi connectivity index (χ1v) is 8.69. The number of carbonyl (C=O) groups excluding carboxylic acids is 1. The van der Waals surface area contributed by atoms with Gasteiger partial charge in [0.2, 0.25) is 5.88 Å². The molecule has 0 bridgehead atoms. The van der Waals surface area contributed by atoms with Gasteiger partial charge in [-0.1, -0.05) is 30.3 Å². The molecule has 1 aliphatic rings. The third kappa shape index (κ3) is 2.96. The molecule has 2 heterocycles. The fourth-order valence-corrected chi connectivity index (χ4v) is 3.80. The number of rotatable bonds is 4. The number of H-pyrrole nitrogens is 1. The van der Waals surface area contributed by atoms with E-state index < -0.39 is 0 Å². The maximum Gasteiger partial charge on any atom is 0.319 e. The summed E-state index contributed by atoms with van der Waals surface area (Å²) in [6.45, 7) is 1.43. The summed E-state index contributed by atoms with van der Waals surface area (Å²) in [5.41, 5.74) is 4.86. The molecule has 1 aliphatic heterocycles. The second-order valence-corrected chi connectivity index (χ2v) is 6.62. The average molecular weight is 365 g/mol. The van der Waals surface area contributed by atoms with E-state index in [0.29, 0.717) is 17.4 Å². The number of carbonyl (C=O) groups is 1. The van der Waals surface area contributed by atoms with E-state index in [2.05, 4.69) is 10.2 Å². The Morgan fingerprint density at radius 2 is 2.07 bits per heavy atom. The second-order valence-electron chi connectivity index (χ2n) is 6.62. The first-order valence-electron chi connectivity index (χ1n) is 8.69. The summed E-state index contributed by atoms with van der Waals surface area (Å²) in [6.07, 6.45) is 0.746. The van der Waals surface area contributed by atoms with E-state index in [4.69, 9.17) is 4.74 Å². The Labute approximate surface area is 155 Å². The summed E-state index contributed by atoms with van der Waals surface area (Å²) in [4.78, 5) is 27.8. The van der Waals surface area contributed by atoms with Gasteiger partial charge in [-0.2, -0.15) is 0 Å². The van der Waals surface area contributed by atoms with E-state index in [0.717, 1.165) is 35.2 Å². The molecule has 3 aromatic rings. The lowest BCUT2D eigenvalue weighted by Crippen LogP contribution is -2.35. The molecule has 0 saturated heterocycles. The van der Waals surface area contributed by atoms with Crippen LogP contribution in [0.4, 0.5) is 5.69 Å². The number of nitrogens with one attached hydrogen (secondary N) is 1. The zero-order valence-electron chi connectivity index (χ0n) is 14.9. The minimum absolute atomic E-state index is 0.00933. The molecule has 0 unspecified atom stereocenters. The first kappa shape index (κ1) is 17.2. The SMILES string of the molecule is COC(=O)CN1CCc2c(-c3ccccc3)cc3c(N=O)c(O)[nH]c3c2C1. The fourth-order valence-electron chi connectivity index (χ4n) is 3.80. The number of aromatic nitrogens is 1. The molecular weight excluding hydrogens is 346 g/mol. The smallest absolute Gasteiger partial charge is 0.319 e. The van der Waals surface area contributed by atoms with Crippen LogP contribution in [0.3, 0.4) is 0 Å². The van der Waals surface area contributed by atoms with E-state index in [-0.39, 0.29) is 24.1 Å². The largest absolute Gasteiger partial charge is 0.493 e. The summed E-state index contributed by atoms with van der Waals surface area (Å²) in [5, 5.41) is 13.7. The van der Waals surface area contributed by atoms with Gasteiger partial charge in [0.05, 0.1) is 19.2 Å². The van der Waals surface area contributed by atoms with Gasteiger partial charge in [0.15, 0.2) is 5.69 Å². The van der Waals surface area contributed by atoms with E-state index >= 15 is 0 Å². The molecule has 0 amide bonds. The lowest BCUT2D eigenvalue weighted by molar-refractivity contribution is -0.142. The van der Waals surface area contributed by atoms with Gasteiger partial charge in [-0.05, 0) is 39.9 Å². The van der Waals surface area contributed by atoms with Crippen LogP contribution >= 0.6 is 0 Å². The average Bonchev–Trinajstić information content (AvgIpc) is 3.03. The summed E-state index contributed by atoms with van der Waals surface area (Å²) in [7, 11) is 1.37. The topological polar surface area (TPSA) is 95.0 Å². The van der Waals surface area contributed by atoms with Crippen LogP contribution in [0, 0.1) is 4.91 Å². The van der Waals surface area contributed by atoms with Gasteiger partial charge in [-0.3, -0.25) is 9.69 Å². The summed E-state index contributed by atoms with van der Waals surface area (Å²) >= 11 is 0. The summed E-state index contributed by atoms with van der Waals surface area (Å²) in [6, 6.07) is 11.8. The molecule has 138 valence electrons. The maximum absolute atomic E-state index is 11.7. The zero-order chi connectivity index (χ0) is 19.0. The molecule has 7 nitrogen and oxygen atoms in total.